The van der Waals surface area contributed by atoms with Crippen LogP contribution in [0.25, 0.3) is 11.4 Å². The molecule has 112 valence electrons. The Balaban J connectivity index is 1.81. The number of nitrogens with one attached hydrogen (secondary N) is 1. The molecule has 0 bridgehead atoms. The van der Waals surface area contributed by atoms with Crippen molar-refractivity contribution in [2.75, 3.05) is 7.11 Å². The van der Waals surface area contributed by atoms with Crippen molar-refractivity contribution in [3.63, 3.8) is 0 Å². The van der Waals surface area contributed by atoms with Crippen molar-refractivity contribution in [1.82, 2.24) is 9.97 Å². The van der Waals surface area contributed by atoms with Crippen LogP contribution in [0.5, 0.6) is 11.5 Å². The van der Waals surface area contributed by atoms with Gasteiger partial charge >= 0.3 is 0 Å². The van der Waals surface area contributed by atoms with E-state index < -0.39 is 0 Å². The lowest BCUT2D eigenvalue weighted by molar-refractivity contribution is 0.284. The Bertz CT molecular complexity index is 734. The first-order chi connectivity index (χ1) is 10.8. The van der Waals surface area contributed by atoms with E-state index in [1.807, 2.05) is 18.2 Å². The molecule has 0 aliphatic heterocycles. The summed E-state index contributed by atoms with van der Waals surface area (Å²) in [6.45, 7) is 2.57. The average molecular weight is 294 g/mol. The van der Waals surface area contributed by atoms with E-state index in [1.54, 1.807) is 19.5 Å². The predicted molar refractivity (Wildman–Crippen MR) is 86.1 cm³/mol. The molecule has 0 unspecified atom stereocenters. The quantitative estimate of drug-likeness (QED) is 0.774. The molecule has 0 saturated heterocycles. The number of benzene rings is 2. The monoisotopic (exact) mass is 294 g/mol. The van der Waals surface area contributed by atoms with E-state index in [0.717, 1.165) is 17.0 Å². The molecule has 0 amide bonds. The first kappa shape index (κ1) is 14.2. The van der Waals surface area contributed by atoms with Gasteiger partial charge in [0.2, 0.25) is 0 Å². The summed E-state index contributed by atoms with van der Waals surface area (Å²) in [6.07, 6.45) is 3.53. The van der Waals surface area contributed by atoms with E-state index in [0.29, 0.717) is 18.1 Å². The van der Waals surface area contributed by atoms with Crippen LogP contribution in [0, 0.1) is 6.92 Å². The third-order valence-electron chi connectivity index (χ3n) is 3.45. The standard InChI is InChI=1S/C18H18N2O2/c1-13-3-5-14(6-4-13)12-22-17-11-15(7-8-16(17)21-2)18-19-9-10-20-18/h3-11H,12H2,1-2H3,(H,19,20). The fraction of sp³-hybridized carbons (Fsp3) is 0.167. The Labute approximate surface area is 129 Å². The van der Waals surface area contributed by atoms with E-state index in [-0.39, 0.29) is 0 Å². The SMILES string of the molecule is COc1ccc(-c2ncc[nH]2)cc1OCc1ccc(C)cc1. The Morgan fingerprint density at radius 2 is 1.86 bits per heavy atom. The fourth-order valence-corrected chi connectivity index (χ4v) is 2.21. The summed E-state index contributed by atoms with van der Waals surface area (Å²) < 4.78 is 11.3. The Morgan fingerprint density at radius 3 is 2.55 bits per heavy atom. The van der Waals surface area contributed by atoms with Gasteiger partial charge in [-0.05, 0) is 30.7 Å². The molecule has 0 atom stereocenters. The molecule has 0 aliphatic rings. The fourth-order valence-electron chi connectivity index (χ4n) is 2.21. The second-order valence-electron chi connectivity index (χ2n) is 5.08. The summed E-state index contributed by atoms with van der Waals surface area (Å²) in [7, 11) is 1.64. The van der Waals surface area contributed by atoms with Crippen LogP contribution in [0.2, 0.25) is 0 Å². The van der Waals surface area contributed by atoms with E-state index in [2.05, 4.69) is 41.2 Å². The molecule has 0 fully saturated rings. The lowest BCUT2D eigenvalue weighted by atomic mass is 10.1. The van der Waals surface area contributed by atoms with Gasteiger partial charge in [-0.15, -0.1) is 0 Å². The minimum atomic E-state index is 0.498. The maximum Gasteiger partial charge on any atom is 0.162 e. The van der Waals surface area contributed by atoms with Crippen molar-refractivity contribution < 1.29 is 9.47 Å². The van der Waals surface area contributed by atoms with Crippen molar-refractivity contribution >= 4 is 0 Å². The topological polar surface area (TPSA) is 47.1 Å². The molecule has 3 rings (SSSR count). The van der Waals surface area contributed by atoms with E-state index in [4.69, 9.17) is 9.47 Å². The molecule has 0 aliphatic carbocycles. The molecular weight excluding hydrogens is 276 g/mol. The zero-order valence-electron chi connectivity index (χ0n) is 12.7. The summed E-state index contributed by atoms with van der Waals surface area (Å²) in [5.74, 6) is 2.22. The smallest absolute Gasteiger partial charge is 0.162 e. The number of imidazole rings is 1. The highest BCUT2D eigenvalue weighted by atomic mass is 16.5. The first-order valence-corrected chi connectivity index (χ1v) is 7.12. The van der Waals surface area contributed by atoms with Crippen molar-refractivity contribution in [3.05, 3.63) is 66.0 Å². The number of nitrogens with zero attached hydrogens (tertiary/aromatic N) is 1. The number of aryl methyl sites for hydroxylation is 1. The molecule has 0 saturated carbocycles. The van der Waals surface area contributed by atoms with Gasteiger partial charge in [-0.25, -0.2) is 4.98 Å². The zero-order valence-corrected chi connectivity index (χ0v) is 12.7. The summed E-state index contributed by atoms with van der Waals surface area (Å²) in [6, 6.07) is 14.1. The van der Waals surface area contributed by atoms with Gasteiger partial charge in [0.1, 0.15) is 12.4 Å². The van der Waals surface area contributed by atoms with Crippen molar-refractivity contribution in [1.29, 1.82) is 0 Å². The lowest BCUT2D eigenvalue weighted by Gasteiger charge is -2.12. The molecule has 1 N–H and O–H groups in total. The van der Waals surface area contributed by atoms with Crippen LogP contribution < -0.4 is 9.47 Å². The van der Waals surface area contributed by atoms with Crippen LogP contribution in [-0.4, -0.2) is 17.1 Å². The van der Waals surface area contributed by atoms with E-state index in [1.165, 1.54) is 5.56 Å². The van der Waals surface area contributed by atoms with Gasteiger partial charge in [0, 0.05) is 18.0 Å². The molecule has 0 radical (unpaired) electrons. The third-order valence-corrected chi connectivity index (χ3v) is 3.45. The highest BCUT2D eigenvalue weighted by Crippen LogP contribution is 2.32. The van der Waals surface area contributed by atoms with Crippen molar-refractivity contribution in [3.8, 4) is 22.9 Å². The van der Waals surface area contributed by atoms with Gasteiger partial charge < -0.3 is 14.5 Å². The normalized spacial score (nSPS) is 10.5. The third kappa shape index (κ3) is 3.11. The van der Waals surface area contributed by atoms with Gasteiger partial charge in [0.15, 0.2) is 11.5 Å². The molecule has 4 nitrogen and oxygen atoms in total. The molecule has 0 spiro atoms. The molecule has 1 aromatic heterocycles. The Hall–Kier alpha value is -2.75. The second-order valence-corrected chi connectivity index (χ2v) is 5.08. The molecule has 4 heteroatoms. The molecule has 2 aromatic carbocycles. The van der Waals surface area contributed by atoms with Crippen LogP contribution in [0.15, 0.2) is 54.9 Å². The number of aromatic nitrogens is 2. The van der Waals surface area contributed by atoms with Gasteiger partial charge in [-0.1, -0.05) is 29.8 Å². The van der Waals surface area contributed by atoms with Crippen LogP contribution >= 0.6 is 0 Å². The molecule has 22 heavy (non-hydrogen) atoms. The largest absolute Gasteiger partial charge is 0.493 e. The van der Waals surface area contributed by atoms with E-state index in [9.17, 15) is 0 Å². The minimum absolute atomic E-state index is 0.498. The number of hydrogen-bond acceptors (Lipinski definition) is 3. The number of ether oxygens (including phenoxy) is 2. The number of rotatable bonds is 5. The maximum absolute atomic E-state index is 5.93. The molecule has 3 aromatic rings. The second kappa shape index (κ2) is 6.35. The molecule has 1 heterocycles. The number of hydrogen-bond donors (Lipinski definition) is 1. The van der Waals surface area contributed by atoms with Gasteiger partial charge in [-0.3, -0.25) is 0 Å². The average Bonchev–Trinajstić information content (AvgIpc) is 3.08. The van der Waals surface area contributed by atoms with Gasteiger partial charge in [-0.2, -0.15) is 0 Å². The summed E-state index contributed by atoms with van der Waals surface area (Å²) in [5.41, 5.74) is 3.32. The van der Waals surface area contributed by atoms with Crippen LogP contribution in [0.3, 0.4) is 0 Å². The summed E-state index contributed by atoms with van der Waals surface area (Å²) in [4.78, 5) is 7.35. The maximum atomic E-state index is 5.93. The van der Waals surface area contributed by atoms with Crippen LogP contribution in [0.1, 0.15) is 11.1 Å². The zero-order chi connectivity index (χ0) is 15.4. The number of aromatic amines is 1. The van der Waals surface area contributed by atoms with E-state index >= 15 is 0 Å². The number of methoxy groups -OCH3 is 1. The highest BCUT2D eigenvalue weighted by molar-refractivity contribution is 5.61. The molecular formula is C18H18N2O2. The summed E-state index contributed by atoms with van der Waals surface area (Å²) in [5, 5.41) is 0. The van der Waals surface area contributed by atoms with Crippen molar-refractivity contribution in [2.24, 2.45) is 0 Å². The van der Waals surface area contributed by atoms with Crippen LogP contribution in [0.4, 0.5) is 0 Å². The number of H-pyrrole nitrogens is 1. The Morgan fingerprint density at radius 1 is 1.05 bits per heavy atom. The van der Waals surface area contributed by atoms with Gasteiger partial charge in [0.25, 0.3) is 0 Å². The highest BCUT2D eigenvalue weighted by Gasteiger charge is 2.09. The Kier molecular flexibility index (Phi) is 4.10. The van der Waals surface area contributed by atoms with Crippen molar-refractivity contribution in [2.45, 2.75) is 13.5 Å². The van der Waals surface area contributed by atoms with Gasteiger partial charge in [0.05, 0.1) is 7.11 Å². The lowest BCUT2D eigenvalue weighted by Crippen LogP contribution is -1.98. The summed E-state index contributed by atoms with van der Waals surface area (Å²) >= 11 is 0. The first-order valence-electron chi connectivity index (χ1n) is 7.12. The minimum Gasteiger partial charge on any atom is -0.493 e. The predicted octanol–water partition coefficient (Wildman–Crippen LogP) is 3.97. The van der Waals surface area contributed by atoms with Crippen LogP contribution in [-0.2, 0) is 6.61 Å².